The van der Waals surface area contributed by atoms with Crippen LogP contribution in [0.3, 0.4) is 0 Å². The monoisotopic (exact) mass is 431 g/mol. The molecule has 30 heavy (non-hydrogen) atoms. The Morgan fingerprint density at radius 2 is 1.80 bits per heavy atom. The Balaban J connectivity index is 1.73. The Morgan fingerprint density at radius 3 is 2.50 bits per heavy atom. The number of sulfonamides is 1. The number of nitrogens with two attached hydrogens (primary N) is 1. The number of aliphatic hydroxyl groups is 1. The average Bonchev–Trinajstić information content (AvgIpc) is 2.71. The van der Waals surface area contributed by atoms with Crippen LogP contribution in [0.5, 0.6) is 0 Å². The summed E-state index contributed by atoms with van der Waals surface area (Å²) < 4.78 is 37.1. The number of unbranched alkanes of at least 4 members (excludes halogenated alkanes) is 1. The summed E-state index contributed by atoms with van der Waals surface area (Å²) in [6, 6.07) is 13.3. The lowest BCUT2D eigenvalue weighted by Gasteiger charge is -2.10. The molecular weight excluding hydrogens is 409 g/mol. The van der Waals surface area contributed by atoms with Gasteiger partial charge in [-0.25, -0.2) is 22.9 Å². The van der Waals surface area contributed by atoms with Crippen LogP contribution in [0.2, 0.25) is 0 Å². The highest BCUT2D eigenvalue weighted by molar-refractivity contribution is 7.89. The van der Waals surface area contributed by atoms with Crippen LogP contribution in [0.1, 0.15) is 18.4 Å². The zero-order chi connectivity index (χ0) is 21.6. The van der Waals surface area contributed by atoms with Crippen LogP contribution in [0.15, 0.2) is 59.6 Å². The maximum atomic E-state index is 14.2. The smallest absolute Gasteiger partial charge is 0.238 e. The first-order valence-corrected chi connectivity index (χ1v) is 10.8. The van der Waals surface area contributed by atoms with Gasteiger partial charge in [-0.1, -0.05) is 18.2 Å². The normalized spacial score (nSPS) is 11.3. The molecular formula is C20H22FN5O3S. The van der Waals surface area contributed by atoms with Gasteiger partial charge in [-0.3, -0.25) is 0 Å². The second-order valence-corrected chi connectivity index (χ2v) is 8.15. The van der Waals surface area contributed by atoms with Gasteiger partial charge in [0.2, 0.25) is 16.0 Å². The maximum absolute atomic E-state index is 14.2. The molecule has 3 rings (SSSR count). The predicted molar refractivity (Wildman–Crippen MR) is 113 cm³/mol. The molecule has 0 saturated carbocycles. The number of rotatable bonds is 9. The van der Waals surface area contributed by atoms with E-state index < -0.39 is 15.8 Å². The van der Waals surface area contributed by atoms with E-state index in [0.717, 1.165) is 31.0 Å². The molecule has 2 aromatic carbocycles. The first-order valence-electron chi connectivity index (χ1n) is 9.24. The van der Waals surface area contributed by atoms with Gasteiger partial charge < -0.3 is 15.7 Å². The molecule has 0 aliphatic carbocycles. The first kappa shape index (κ1) is 21.6. The third-order valence-corrected chi connectivity index (χ3v) is 5.16. The van der Waals surface area contributed by atoms with E-state index in [2.05, 4.69) is 20.6 Å². The zero-order valence-electron chi connectivity index (χ0n) is 16.0. The number of nitrogens with one attached hydrogen (secondary N) is 2. The fourth-order valence-corrected chi connectivity index (χ4v) is 3.29. The van der Waals surface area contributed by atoms with Crippen molar-refractivity contribution in [2.75, 3.05) is 17.2 Å². The van der Waals surface area contributed by atoms with Gasteiger partial charge in [0.15, 0.2) is 11.6 Å². The molecule has 5 N–H and O–H groups in total. The van der Waals surface area contributed by atoms with Crippen LogP contribution >= 0.6 is 0 Å². The van der Waals surface area contributed by atoms with Gasteiger partial charge in [0.1, 0.15) is 0 Å². The highest BCUT2D eigenvalue weighted by Gasteiger charge is 2.11. The number of halogens is 1. The number of aromatic nitrogens is 2. The Morgan fingerprint density at radius 1 is 1.03 bits per heavy atom. The van der Waals surface area contributed by atoms with Crippen LogP contribution < -0.4 is 15.8 Å². The standard InChI is InChI=1S/C20H22FN5O3S/c21-18-13-23-20(25-16-5-3-6-17(12-16)30(22,28)29)26-19(18)24-15-9-7-14(8-10-15)4-1-2-11-27/h3,5-10,12-13,27H,1-2,4,11H2,(H2,22,28,29)(H2,23,24,25,26). The summed E-state index contributed by atoms with van der Waals surface area (Å²) >= 11 is 0. The fourth-order valence-electron chi connectivity index (χ4n) is 2.73. The summed E-state index contributed by atoms with van der Waals surface area (Å²) in [6.07, 6.45) is 3.52. The minimum Gasteiger partial charge on any atom is -0.396 e. The summed E-state index contributed by atoms with van der Waals surface area (Å²) in [7, 11) is -3.85. The SMILES string of the molecule is NS(=O)(=O)c1cccc(Nc2ncc(F)c(Nc3ccc(CCCCO)cc3)n2)c1. The van der Waals surface area contributed by atoms with E-state index in [-0.39, 0.29) is 23.3 Å². The van der Waals surface area contributed by atoms with E-state index in [0.29, 0.717) is 11.4 Å². The summed E-state index contributed by atoms with van der Waals surface area (Å²) in [5, 5.41) is 19.7. The molecule has 158 valence electrons. The molecule has 0 aliphatic rings. The number of hydrogen-bond acceptors (Lipinski definition) is 7. The molecule has 0 saturated heterocycles. The van der Waals surface area contributed by atoms with Crippen LogP contribution in [0.4, 0.5) is 27.5 Å². The number of aliphatic hydroxyl groups excluding tert-OH is 1. The van der Waals surface area contributed by atoms with E-state index in [1.807, 2.05) is 24.3 Å². The lowest BCUT2D eigenvalue weighted by molar-refractivity contribution is 0.284. The van der Waals surface area contributed by atoms with Gasteiger partial charge in [0.05, 0.1) is 11.1 Å². The van der Waals surface area contributed by atoms with Gasteiger partial charge in [-0.2, -0.15) is 4.98 Å². The third-order valence-electron chi connectivity index (χ3n) is 4.25. The number of aryl methyl sites for hydroxylation is 1. The molecule has 0 unspecified atom stereocenters. The topological polar surface area (TPSA) is 130 Å². The van der Waals surface area contributed by atoms with Crippen LogP contribution in [0, 0.1) is 5.82 Å². The van der Waals surface area contributed by atoms with Crippen molar-refractivity contribution >= 4 is 33.2 Å². The Bertz CT molecular complexity index is 1110. The van der Waals surface area contributed by atoms with Crippen LogP contribution in [0.25, 0.3) is 0 Å². The molecule has 0 spiro atoms. The number of nitrogens with zero attached hydrogens (tertiary/aromatic N) is 2. The molecule has 0 bridgehead atoms. The average molecular weight is 431 g/mol. The molecule has 0 amide bonds. The molecule has 0 atom stereocenters. The Hall–Kier alpha value is -3.08. The number of primary sulfonamides is 1. The third kappa shape index (κ3) is 5.96. The van der Waals surface area contributed by atoms with Crippen molar-refractivity contribution in [2.24, 2.45) is 5.14 Å². The lowest BCUT2D eigenvalue weighted by Crippen LogP contribution is -2.12. The van der Waals surface area contributed by atoms with Crippen LogP contribution in [-0.4, -0.2) is 30.1 Å². The van der Waals surface area contributed by atoms with Crippen molar-refractivity contribution in [1.29, 1.82) is 0 Å². The maximum Gasteiger partial charge on any atom is 0.238 e. The van der Waals surface area contributed by atoms with Crippen molar-refractivity contribution in [3.8, 4) is 0 Å². The highest BCUT2D eigenvalue weighted by Crippen LogP contribution is 2.22. The van der Waals surface area contributed by atoms with E-state index in [9.17, 15) is 12.8 Å². The minimum absolute atomic E-state index is 0.0249. The fraction of sp³-hybridized carbons (Fsp3) is 0.200. The number of anilines is 4. The first-order chi connectivity index (χ1) is 14.3. The quantitative estimate of drug-likeness (QED) is 0.383. The summed E-state index contributed by atoms with van der Waals surface area (Å²) in [5.74, 6) is -0.569. The van der Waals surface area contributed by atoms with Gasteiger partial charge in [-0.05, 0) is 55.2 Å². The summed E-state index contributed by atoms with van der Waals surface area (Å²) in [6.45, 7) is 0.176. The Labute approximate surface area is 174 Å². The predicted octanol–water partition coefficient (Wildman–Crippen LogP) is 3.07. The van der Waals surface area contributed by atoms with Crippen molar-refractivity contribution in [3.63, 3.8) is 0 Å². The second-order valence-electron chi connectivity index (χ2n) is 6.59. The van der Waals surface area contributed by atoms with E-state index >= 15 is 0 Å². The van der Waals surface area contributed by atoms with Gasteiger partial charge in [-0.15, -0.1) is 0 Å². The van der Waals surface area contributed by atoms with E-state index in [1.165, 1.54) is 18.2 Å². The zero-order valence-corrected chi connectivity index (χ0v) is 16.9. The summed E-state index contributed by atoms with van der Waals surface area (Å²) in [5.41, 5.74) is 2.17. The van der Waals surface area contributed by atoms with Crippen molar-refractivity contribution in [2.45, 2.75) is 24.2 Å². The highest BCUT2D eigenvalue weighted by atomic mass is 32.2. The van der Waals surface area contributed by atoms with Crippen molar-refractivity contribution in [1.82, 2.24) is 9.97 Å². The van der Waals surface area contributed by atoms with E-state index in [4.69, 9.17) is 10.2 Å². The van der Waals surface area contributed by atoms with Gasteiger partial charge in [0.25, 0.3) is 0 Å². The Kier molecular flexibility index (Phi) is 6.93. The molecule has 8 nitrogen and oxygen atoms in total. The minimum atomic E-state index is -3.85. The van der Waals surface area contributed by atoms with Crippen molar-refractivity contribution in [3.05, 3.63) is 66.1 Å². The number of hydrogen-bond donors (Lipinski definition) is 4. The van der Waals surface area contributed by atoms with Gasteiger partial charge >= 0.3 is 0 Å². The van der Waals surface area contributed by atoms with Gasteiger partial charge in [0, 0.05) is 18.0 Å². The largest absolute Gasteiger partial charge is 0.396 e. The molecule has 10 heteroatoms. The molecule has 1 heterocycles. The van der Waals surface area contributed by atoms with E-state index in [1.54, 1.807) is 6.07 Å². The molecule has 0 fully saturated rings. The summed E-state index contributed by atoms with van der Waals surface area (Å²) in [4.78, 5) is 7.94. The van der Waals surface area contributed by atoms with Crippen LogP contribution in [-0.2, 0) is 16.4 Å². The molecule has 1 aromatic heterocycles. The number of benzene rings is 2. The second kappa shape index (κ2) is 9.61. The molecule has 3 aromatic rings. The lowest BCUT2D eigenvalue weighted by atomic mass is 10.1. The molecule has 0 aliphatic heterocycles. The molecule has 0 radical (unpaired) electrons. The van der Waals surface area contributed by atoms with Crippen molar-refractivity contribution < 1.29 is 17.9 Å².